The summed E-state index contributed by atoms with van der Waals surface area (Å²) in [6, 6.07) is 1.98. The summed E-state index contributed by atoms with van der Waals surface area (Å²) in [5, 5.41) is 1.80. The van der Waals surface area contributed by atoms with E-state index in [-0.39, 0.29) is 5.91 Å². The molecule has 2 aromatic heterocycles. The van der Waals surface area contributed by atoms with Gasteiger partial charge < -0.3 is 9.80 Å². The fourth-order valence-electron chi connectivity index (χ4n) is 2.92. The maximum atomic E-state index is 12.6. The van der Waals surface area contributed by atoms with Crippen LogP contribution in [0, 0.1) is 0 Å². The highest BCUT2D eigenvalue weighted by Gasteiger charge is 2.22. The van der Waals surface area contributed by atoms with Gasteiger partial charge in [0.1, 0.15) is 10.6 Å². The minimum absolute atomic E-state index is 0.0936. The van der Waals surface area contributed by atoms with E-state index in [1.807, 2.05) is 31.1 Å². The number of anilines is 1. The van der Waals surface area contributed by atoms with Crippen LogP contribution in [0.25, 0.3) is 10.2 Å². The van der Waals surface area contributed by atoms with Crippen molar-refractivity contribution in [2.75, 3.05) is 37.3 Å². The molecule has 23 heavy (non-hydrogen) atoms. The van der Waals surface area contributed by atoms with Crippen molar-refractivity contribution in [1.82, 2.24) is 14.9 Å². The fraction of sp³-hybridized carbons (Fsp3) is 0.562. The molecule has 0 bridgehead atoms. The van der Waals surface area contributed by atoms with Gasteiger partial charge in [-0.3, -0.25) is 4.79 Å². The number of carbonyl (C=O) groups excluding carboxylic acids is 1. The van der Waals surface area contributed by atoms with Gasteiger partial charge in [-0.2, -0.15) is 0 Å². The van der Waals surface area contributed by atoms with Crippen molar-refractivity contribution >= 4 is 45.0 Å². The van der Waals surface area contributed by atoms with E-state index in [4.69, 9.17) is 4.98 Å². The highest BCUT2D eigenvalue weighted by molar-refractivity contribution is 7.98. The average molecular weight is 351 g/mol. The van der Waals surface area contributed by atoms with Crippen molar-refractivity contribution in [3.63, 3.8) is 0 Å². The first-order valence-electron chi connectivity index (χ1n) is 8.07. The smallest absolute Gasteiger partial charge is 0.264 e. The molecule has 1 amide bonds. The van der Waals surface area contributed by atoms with Crippen LogP contribution < -0.4 is 4.90 Å². The van der Waals surface area contributed by atoms with E-state index in [1.165, 1.54) is 24.2 Å². The number of hydrogen-bond donors (Lipinski definition) is 0. The molecular formula is C16H22N4OS2. The van der Waals surface area contributed by atoms with E-state index in [9.17, 15) is 4.79 Å². The van der Waals surface area contributed by atoms with Crippen LogP contribution in [0.2, 0.25) is 0 Å². The Bertz CT molecular complexity index is 705. The van der Waals surface area contributed by atoms with Crippen molar-refractivity contribution in [2.45, 2.75) is 31.8 Å². The zero-order valence-electron chi connectivity index (χ0n) is 13.8. The Kier molecular flexibility index (Phi) is 5.06. The molecule has 2 aromatic rings. The summed E-state index contributed by atoms with van der Waals surface area (Å²) in [5.41, 5.74) is 0. The number of rotatable bonds is 5. The van der Waals surface area contributed by atoms with E-state index in [1.54, 1.807) is 11.8 Å². The Morgan fingerprint density at radius 2 is 2.00 bits per heavy atom. The number of amides is 1. The van der Waals surface area contributed by atoms with Gasteiger partial charge in [-0.15, -0.1) is 11.3 Å². The number of fused-ring (bicyclic) bond motifs is 1. The lowest BCUT2D eigenvalue weighted by atomic mass is 10.3. The monoisotopic (exact) mass is 350 g/mol. The van der Waals surface area contributed by atoms with E-state index >= 15 is 0 Å². The molecule has 3 heterocycles. The number of carbonyl (C=O) groups is 1. The van der Waals surface area contributed by atoms with Gasteiger partial charge in [0, 0.05) is 26.2 Å². The zero-order chi connectivity index (χ0) is 16.4. The number of thiophene rings is 1. The quantitative estimate of drug-likeness (QED) is 0.610. The van der Waals surface area contributed by atoms with Crippen molar-refractivity contribution in [3.8, 4) is 0 Å². The van der Waals surface area contributed by atoms with Gasteiger partial charge in [-0.25, -0.2) is 9.97 Å². The zero-order valence-corrected chi connectivity index (χ0v) is 15.5. The van der Waals surface area contributed by atoms with Gasteiger partial charge in [0.25, 0.3) is 5.91 Å². The Morgan fingerprint density at radius 3 is 2.61 bits per heavy atom. The van der Waals surface area contributed by atoms with Gasteiger partial charge in [-0.05, 0) is 39.0 Å². The third kappa shape index (κ3) is 3.17. The van der Waals surface area contributed by atoms with Crippen LogP contribution in [-0.4, -0.2) is 53.2 Å². The lowest BCUT2D eigenvalue weighted by Gasteiger charge is -2.17. The van der Waals surface area contributed by atoms with Crippen LogP contribution in [0.4, 0.5) is 5.82 Å². The SMILES string of the molecule is CCN(CC)C(=O)c1cc2c(N3CCCC3)nc(SC)nc2s1. The van der Waals surface area contributed by atoms with Crippen LogP contribution >= 0.6 is 23.1 Å². The molecule has 3 rings (SSSR count). The van der Waals surface area contributed by atoms with E-state index < -0.39 is 0 Å². The first-order chi connectivity index (χ1) is 11.2. The number of nitrogens with zero attached hydrogens (tertiary/aromatic N) is 4. The van der Waals surface area contributed by atoms with Gasteiger partial charge in [0.15, 0.2) is 5.16 Å². The lowest BCUT2D eigenvalue weighted by molar-refractivity contribution is 0.0778. The topological polar surface area (TPSA) is 49.3 Å². The summed E-state index contributed by atoms with van der Waals surface area (Å²) in [7, 11) is 0. The molecule has 5 nitrogen and oxygen atoms in total. The molecule has 1 saturated heterocycles. The van der Waals surface area contributed by atoms with E-state index in [0.717, 1.165) is 52.2 Å². The van der Waals surface area contributed by atoms with Crippen LogP contribution in [0.1, 0.15) is 36.4 Å². The van der Waals surface area contributed by atoms with Gasteiger partial charge in [0.2, 0.25) is 0 Å². The maximum absolute atomic E-state index is 12.6. The molecule has 1 aliphatic rings. The molecule has 0 aromatic carbocycles. The number of aromatic nitrogens is 2. The summed E-state index contributed by atoms with van der Waals surface area (Å²) in [4.78, 5) is 27.8. The van der Waals surface area contributed by atoms with Crippen LogP contribution in [0.3, 0.4) is 0 Å². The predicted molar refractivity (Wildman–Crippen MR) is 97.9 cm³/mol. The second kappa shape index (κ2) is 7.05. The Morgan fingerprint density at radius 1 is 1.30 bits per heavy atom. The molecule has 0 N–H and O–H groups in total. The first kappa shape index (κ1) is 16.5. The van der Waals surface area contributed by atoms with Crippen molar-refractivity contribution in [1.29, 1.82) is 0 Å². The van der Waals surface area contributed by atoms with Crippen molar-refractivity contribution in [3.05, 3.63) is 10.9 Å². The van der Waals surface area contributed by atoms with Crippen molar-refractivity contribution < 1.29 is 4.79 Å². The minimum atomic E-state index is 0.0936. The van der Waals surface area contributed by atoms with E-state index in [2.05, 4.69) is 9.88 Å². The molecule has 0 atom stereocenters. The van der Waals surface area contributed by atoms with Gasteiger partial charge in [0.05, 0.1) is 10.3 Å². The van der Waals surface area contributed by atoms with Gasteiger partial charge >= 0.3 is 0 Å². The molecule has 0 unspecified atom stereocenters. The fourth-order valence-corrected chi connectivity index (χ4v) is 4.33. The molecule has 0 radical (unpaired) electrons. The van der Waals surface area contributed by atoms with Crippen molar-refractivity contribution in [2.24, 2.45) is 0 Å². The summed E-state index contributed by atoms with van der Waals surface area (Å²) in [6.45, 7) is 7.55. The molecule has 0 spiro atoms. The standard InChI is InChI=1S/C16H22N4OS2/c1-4-19(5-2)15(21)12-10-11-13(20-8-6-7-9-20)17-16(22-3)18-14(11)23-12/h10H,4-9H2,1-3H3. The van der Waals surface area contributed by atoms with Gasteiger partial charge in [-0.1, -0.05) is 11.8 Å². The summed E-state index contributed by atoms with van der Waals surface area (Å²) in [5.74, 6) is 1.09. The van der Waals surface area contributed by atoms with Crippen LogP contribution in [-0.2, 0) is 0 Å². The highest BCUT2D eigenvalue weighted by atomic mass is 32.2. The summed E-state index contributed by atoms with van der Waals surface area (Å²) >= 11 is 3.04. The first-order valence-corrected chi connectivity index (χ1v) is 10.1. The number of hydrogen-bond acceptors (Lipinski definition) is 6. The Balaban J connectivity index is 2.07. The molecule has 0 aliphatic carbocycles. The molecule has 1 fully saturated rings. The second-order valence-corrected chi connectivity index (χ2v) is 7.34. The molecular weight excluding hydrogens is 328 g/mol. The number of thioether (sulfide) groups is 1. The van der Waals surface area contributed by atoms with Crippen LogP contribution in [0.15, 0.2) is 11.2 Å². The summed E-state index contributed by atoms with van der Waals surface area (Å²) in [6.07, 6.45) is 4.40. The third-order valence-corrected chi connectivity index (χ3v) is 5.77. The molecule has 7 heteroatoms. The summed E-state index contributed by atoms with van der Waals surface area (Å²) < 4.78 is 0. The second-order valence-electron chi connectivity index (χ2n) is 5.53. The normalized spacial score (nSPS) is 14.7. The predicted octanol–water partition coefficient (Wildman–Crippen LogP) is 3.50. The highest BCUT2D eigenvalue weighted by Crippen LogP contribution is 2.34. The Labute approximate surface area is 145 Å². The van der Waals surface area contributed by atoms with E-state index in [0.29, 0.717) is 0 Å². The largest absolute Gasteiger partial charge is 0.356 e. The Hall–Kier alpha value is -1.34. The molecule has 1 aliphatic heterocycles. The average Bonchev–Trinajstić information content (AvgIpc) is 3.24. The maximum Gasteiger partial charge on any atom is 0.264 e. The lowest BCUT2D eigenvalue weighted by Crippen LogP contribution is -2.29. The molecule has 0 saturated carbocycles. The third-order valence-electron chi connectivity index (χ3n) is 4.20. The molecule has 124 valence electrons. The minimum Gasteiger partial charge on any atom is -0.356 e. The van der Waals surface area contributed by atoms with Crippen LogP contribution in [0.5, 0.6) is 0 Å².